The normalized spacial score (nSPS) is 19.1. The Morgan fingerprint density at radius 3 is 2.47 bits per heavy atom. The van der Waals surface area contributed by atoms with Crippen molar-refractivity contribution >= 4 is 11.7 Å². The number of rotatable bonds is 3. The van der Waals surface area contributed by atoms with Gasteiger partial charge in [-0.15, -0.1) is 0 Å². The van der Waals surface area contributed by atoms with Crippen molar-refractivity contribution in [1.29, 1.82) is 0 Å². The van der Waals surface area contributed by atoms with Gasteiger partial charge in [-0.1, -0.05) is 0 Å². The number of carbonyl (C=O) groups excluding carboxylic acids is 1. The molecule has 1 aliphatic rings. The summed E-state index contributed by atoms with van der Waals surface area (Å²) in [6, 6.07) is 5.16. The SMILES string of the molecule is COc1ccc(N2C(=O)NNC2C)cc1OC. The molecule has 0 saturated carbocycles. The molecule has 0 spiro atoms. The van der Waals surface area contributed by atoms with Gasteiger partial charge in [-0.05, 0) is 19.1 Å². The molecule has 1 aromatic carbocycles. The predicted molar refractivity (Wildman–Crippen MR) is 63.2 cm³/mol. The van der Waals surface area contributed by atoms with Crippen LogP contribution in [-0.4, -0.2) is 26.4 Å². The molecular formula is C11H15N3O3. The summed E-state index contributed by atoms with van der Waals surface area (Å²) in [6.07, 6.45) is -0.111. The number of nitrogens with one attached hydrogen (secondary N) is 2. The molecule has 2 rings (SSSR count). The van der Waals surface area contributed by atoms with E-state index in [-0.39, 0.29) is 12.2 Å². The van der Waals surface area contributed by atoms with Gasteiger partial charge < -0.3 is 9.47 Å². The molecule has 2 amide bonds. The second kappa shape index (κ2) is 4.50. The molecule has 0 bridgehead atoms. The average Bonchev–Trinajstić information content (AvgIpc) is 2.68. The quantitative estimate of drug-likeness (QED) is 0.826. The second-order valence-corrected chi connectivity index (χ2v) is 3.66. The van der Waals surface area contributed by atoms with Crippen molar-refractivity contribution in [2.75, 3.05) is 19.1 Å². The van der Waals surface area contributed by atoms with Gasteiger partial charge >= 0.3 is 6.03 Å². The molecule has 1 atom stereocenters. The first-order valence-corrected chi connectivity index (χ1v) is 5.24. The standard InChI is InChI=1S/C11H15N3O3/c1-7-12-13-11(15)14(7)8-4-5-9(16-2)10(6-8)17-3/h4-7,12H,1-3H3,(H,13,15). The van der Waals surface area contributed by atoms with Crippen molar-refractivity contribution in [2.24, 2.45) is 0 Å². The van der Waals surface area contributed by atoms with Crippen molar-refractivity contribution < 1.29 is 14.3 Å². The Labute approximate surface area is 99.5 Å². The Kier molecular flexibility index (Phi) is 3.06. The lowest BCUT2D eigenvalue weighted by Gasteiger charge is -2.20. The molecule has 1 fully saturated rings. The number of amides is 2. The van der Waals surface area contributed by atoms with E-state index in [1.165, 1.54) is 0 Å². The summed E-state index contributed by atoms with van der Waals surface area (Å²) in [4.78, 5) is 13.2. The maximum absolute atomic E-state index is 11.6. The Morgan fingerprint density at radius 2 is 1.94 bits per heavy atom. The highest BCUT2D eigenvalue weighted by molar-refractivity contribution is 5.94. The summed E-state index contributed by atoms with van der Waals surface area (Å²) in [7, 11) is 3.14. The summed E-state index contributed by atoms with van der Waals surface area (Å²) in [5.41, 5.74) is 6.13. The third-order valence-electron chi connectivity index (χ3n) is 2.64. The Hall–Kier alpha value is -1.95. The molecule has 0 aromatic heterocycles. The lowest BCUT2D eigenvalue weighted by atomic mass is 10.2. The number of urea groups is 1. The highest BCUT2D eigenvalue weighted by atomic mass is 16.5. The zero-order valence-corrected chi connectivity index (χ0v) is 9.98. The second-order valence-electron chi connectivity index (χ2n) is 3.66. The van der Waals surface area contributed by atoms with Crippen LogP contribution in [0.25, 0.3) is 0 Å². The van der Waals surface area contributed by atoms with Crippen LogP contribution in [0, 0.1) is 0 Å². The van der Waals surface area contributed by atoms with Crippen LogP contribution in [0.3, 0.4) is 0 Å². The Morgan fingerprint density at radius 1 is 1.24 bits per heavy atom. The van der Waals surface area contributed by atoms with Gasteiger partial charge in [-0.3, -0.25) is 10.3 Å². The van der Waals surface area contributed by atoms with Gasteiger partial charge in [0.2, 0.25) is 0 Å². The van der Waals surface area contributed by atoms with Crippen LogP contribution in [-0.2, 0) is 0 Å². The minimum absolute atomic E-state index is 0.111. The van der Waals surface area contributed by atoms with Crippen LogP contribution >= 0.6 is 0 Å². The van der Waals surface area contributed by atoms with Crippen LogP contribution in [0.1, 0.15) is 6.92 Å². The highest BCUT2D eigenvalue weighted by Gasteiger charge is 2.28. The van der Waals surface area contributed by atoms with Crippen molar-refractivity contribution in [1.82, 2.24) is 10.9 Å². The molecule has 0 aliphatic carbocycles. The van der Waals surface area contributed by atoms with Crippen LogP contribution in [0.2, 0.25) is 0 Å². The monoisotopic (exact) mass is 237 g/mol. The largest absolute Gasteiger partial charge is 0.493 e. The molecule has 2 N–H and O–H groups in total. The number of carbonyl (C=O) groups is 1. The van der Waals surface area contributed by atoms with Gasteiger partial charge in [0.15, 0.2) is 11.5 Å². The molecule has 6 nitrogen and oxygen atoms in total. The number of ether oxygens (including phenoxy) is 2. The fraction of sp³-hybridized carbons (Fsp3) is 0.364. The van der Waals surface area contributed by atoms with Gasteiger partial charge in [0, 0.05) is 6.07 Å². The van der Waals surface area contributed by atoms with Crippen LogP contribution in [0.4, 0.5) is 10.5 Å². The maximum Gasteiger partial charge on any atom is 0.337 e. The minimum atomic E-state index is -0.190. The third-order valence-corrected chi connectivity index (χ3v) is 2.64. The van der Waals surface area contributed by atoms with E-state index in [0.29, 0.717) is 11.5 Å². The van der Waals surface area contributed by atoms with E-state index in [1.807, 2.05) is 13.0 Å². The minimum Gasteiger partial charge on any atom is -0.493 e. The van der Waals surface area contributed by atoms with E-state index in [1.54, 1.807) is 31.3 Å². The van der Waals surface area contributed by atoms with Crippen molar-refractivity contribution in [3.63, 3.8) is 0 Å². The molecule has 1 heterocycles. The van der Waals surface area contributed by atoms with E-state index in [9.17, 15) is 4.79 Å². The van der Waals surface area contributed by atoms with Gasteiger partial charge in [0.1, 0.15) is 6.17 Å². The van der Waals surface area contributed by atoms with E-state index >= 15 is 0 Å². The number of nitrogens with zero attached hydrogens (tertiary/aromatic N) is 1. The number of hydrogen-bond acceptors (Lipinski definition) is 4. The molecule has 92 valence electrons. The van der Waals surface area contributed by atoms with Crippen molar-refractivity contribution in [2.45, 2.75) is 13.1 Å². The van der Waals surface area contributed by atoms with Gasteiger partial charge in [0.05, 0.1) is 19.9 Å². The number of methoxy groups -OCH3 is 2. The molecule has 0 radical (unpaired) electrons. The van der Waals surface area contributed by atoms with Gasteiger partial charge in [0.25, 0.3) is 0 Å². The summed E-state index contributed by atoms with van der Waals surface area (Å²) < 4.78 is 10.4. The lowest BCUT2D eigenvalue weighted by Crippen LogP contribution is -2.34. The molecule has 6 heteroatoms. The predicted octanol–water partition coefficient (Wildman–Crippen LogP) is 1.08. The maximum atomic E-state index is 11.6. The molecule has 1 saturated heterocycles. The number of hydrogen-bond donors (Lipinski definition) is 2. The van der Waals surface area contributed by atoms with E-state index in [2.05, 4.69) is 10.9 Å². The van der Waals surface area contributed by atoms with Gasteiger partial charge in [-0.2, -0.15) is 0 Å². The third kappa shape index (κ3) is 1.99. The zero-order chi connectivity index (χ0) is 12.4. The summed E-state index contributed by atoms with van der Waals surface area (Å²) in [6.45, 7) is 1.88. The number of hydrazine groups is 1. The Balaban J connectivity index is 2.36. The smallest absolute Gasteiger partial charge is 0.337 e. The summed E-state index contributed by atoms with van der Waals surface area (Å²) >= 11 is 0. The lowest BCUT2D eigenvalue weighted by molar-refractivity contribution is 0.250. The van der Waals surface area contributed by atoms with Crippen LogP contribution < -0.4 is 25.2 Å². The molecule has 17 heavy (non-hydrogen) atoms. The Bertz CT molecular complexity index is 436. The number of benzene rings is 1. The van der Waals surface area contributed by atoms with Crippen molar-refractivity contribution in [3.05, 3.63) is 18.2 Å². The summed E-state index contributed by atoms with van der Waals surface area (Å²) in [5.74, 6) is 1.23. The van der Waals surface area contributed by atoms with Crippen LogP contribution in [0.5, 0.6) is 11.5 Å². The first kappa shape index (κ1) is 11.5. The number of anilines is 1. The van der Waals surface area contributed by atoms with E-state index in [4.69, 9.17) is 9.47 Å². The first-order chi connectivity index (χ1) is 8.17. The summed E-state index contributed by atoms with van der Waals surface area (Å²) in [5, 5.41) is 0. The molecule has 1 aromatic rings. The van der Waals surface area contributed by atoms with Crippen molar-refractivity contribution in [3.8, 4) is 11.5 Å². The first-order valence-electron chi connectivity index (χ1n) is 5.24. The fourth-order valence-electron chi connectivity index (χ4n) is 1.78. The molecule has 1 aliphatic heterocycles. The zero-order valence-electron chi connectivity index (χ0n) is 9.98. The van der Waals surface area contributed by atoms with Crippen LogP contribution in [0.15, 0.2) is 18.2 Å². The molecule has 1 unspecified atom stereocenters. The van der Waals surface area contributed by atoms with Gasteiger partial charge in [-0.25, -0.2) is 10.2 Å². The van der Waals surface area contributed by atoms with E-state index in [0.717, 1.165) is 5.69 Å². The topological polar surface area (TPSA) is 62.8 Å². The highest BCUT2D eigenvalue weighted by Crippen LogP contribution is 2.32. The fourth-order valence-corrected chi connectivity index (χ4v) is 1.78. The average molecular weight is 237 g/mol. The van der Waals surface area contributed by atoms with E-state index < -0.39 is 0 Å². The molecular weight excluding hydrogens is 222 g/mol.